The molecule has 0 aliphatic carbocycles. The summed E-state index contributed by atoms with van der Waals surface area (Å²) < 4.78 is 0. The van der Waals surface area contributed by atoms with E-state index in [-0.39, 0.29) is 6.10 Å². The van der Waals surface area contributed by atoms with Crippen molar-refractivity contribution >= 4 is 0 Å². The van der Waals surface area contributed by atoms with Crippen LogP contribution in [0.4, 0.5) is 0 Å². The molecular formula is C7H14N2O. The largest absolute Gasteiger partial charge is 0.392 e. The molecule has 0 bridgehead atoms. The molecule has 0 spiro atoms. The van der Waals surface area contributed by atoms with Crippen molar-refractivity contribution in [3.05, 3.63) is 0 Å². The monoisotopic (exact) mass is 142 g/mol. The fourth-order valence-corrected chi connectivity index (χ4v) is 2.07. The number of fused-ring (bicyclic) bond motifs is 1. The lowest BCUT2D eigenvalue weighted by Gasteiger charge is -2.24. The number of aliphatic hydroxyl groups excluding tert-OH is 1. The second-order valence-electron chi connectivity index (χ2n) is 3.47. The maximum absolute atomic E-state index is 9.34. The number of hydrogen-bond acceptors (Lipinski definition) is 3. The van der Waals surface area contributed by atoms with E-state index in [0.29, 0.717) is 18.1 Å². The molecule has 0 radical (unpaired) electrons. The van der Waals surface area contributed by atoms with Gasteiger partial charge in [-0.2, -0.15) is 0 Å². The van der Waals surface area contributed by atoms with E-state index in [1.54, 1.807) is 0 Å². The molecular weight excluding hydrogens is 128 g/mol. The summed E-state index contributed by atoms with van der Waals surface area (Å²) in [4.78, 5) is 2.23. The van der Waals surface area contributed by atoms with Gasteiger partial charge < -0.3 is 10.4 Å². The van der Waals surface area contributed by atoms with Crippen LogP contribution in [0.15, 0.2) is 0 Å². The summed E-state index contributed by atoms with van der Waals surface area (Å²) in [5.74, 6) is 0. The Labute approximate surface area is 61.0 Å². The van der Waals surface area contributed by atoms with Crippen molar-refractivity contribution < 1.29 is 5.11 Å². The molecule has 58 valence electrons. The molecule has 2 aliphatic rings. The highest BCUT2D eigenvalue weighted by Gasteiger charge is 2.52. The van der Waals surface area contributed by atoms with E-state index in [1.165, 1.54) is 0 Å². The Hall–Kier alpha value is -0.120. The number of likely N-dealkylation sites (N-methyl/N-ethyl adjacent to an activating group) is 1. The lowest BCUT2D eigenvalue weighted by atomic mass is 10.1. The zero-order valence-electron chi connectivity index (χ0n) is 6.41. The van der Waals surface area contributed by atoms with Crippen LogP contribution in [-0.2, 0) is 0 Å². The SMILES string of the molecule is CC(O)C1C2NC2CN1C. The number of piperazine rings is 1. The minimum atomic E-state index is -0.199. The first-order valence-corrected chi connectivity index (χ1v) is 3.84. The van der Waals surface area contributed by atoms with Crippen LogP contribution in [0.3, 0.4) is 0 Å². The fourth-order valence-electron chi connectivity index (χ4n) is 2.07. The zero-order chi connectivity index (χ0) is 7.30. The summed E-state index contributed by atoms with van der Waals surface area (Å²) in [5.41, 5.74) is 0. The molecule has 0 amide bonds. The standard InChI is InChI=1S/C7H14N2O/c1-4(10)7-6-5(8-6)3-9(7)2/h4-8,10H,3H2,1-2H3. The third kappa shape index (κ3) is 0.779. The maximum atomic E-state index is 9.34. The van der Waals surface area contributed by atoms with Gasteiger partial charge in [0.1, 0.15) is 0 Å². The van der Waals surface area contributed by atoms with Crippen molar-refractivity contribution in [2.24, 2.45) is 0 Å². The highest BCUT2D eigenvalue weighted by atomic mass is 16.3. The first-order chi connectivity index (χ1) is 4.70. The number of nitrogens with one attached hydrogen (secondary N) is 1. The Morgan fingerprint density at radius 3 is 2.70 bits per heavy atom. The van der Waals surface area contributed by atoms with Crippen molar-refractivity contribution in [3.63, 3.8) is 0 Å². The van der Waals surface area contributed by atoms with Gasteiger partial charge in [0.15, 0.2) is 0 Å². The van der Waals surface area contributed by atoms with Gasteiger partial charge in [-0.3, -0.25) is 4.90 Å². The summed E-state index contributed by atoms with van der Waals surface area (Å²) in [6.07, 6.45) is -0.199. The molecule has 0 aromatic heterocycles. The number of hydrogen-bond donors (Lipinski definition) is 2. The molecule has 0 aromatic carbocycles. The van der Waals surface area contributed by atoms with Crippen LogP contribution in [0, 0.1) is 0 Å². The van der Waals surface area contributed by atoms with Gasteiger partial charge in [-0.1, -0.05) is 0 Å². The van der Waals surface area contributed by atoms with Crippen LogP contribution in [0.5, 0.6) is 0 Å². The molecule has 2 aliphatic heterocycles. The van der Waals surface area contributed by atoms with Crippen molar-refractivity contribution in [2.45, 2.75) is 31.2 Å². The fraction of sp³-hybridized carbons (Fsp3) is 1.00. The smallest absolute Gasteiger partial charge is 0.0682 e. The molecule has 4 unspecified atom stereocenters. The van der Waals surface area contributed by atoms with Crippen molar-refractivity contribution in [2.75, 3.05) is 13.6 Å². The third-order valence-corrected chi connectivity index (χ3v) is 2.59. The van der Waals surface area contributed by atoms with Crippen molar-refractivity contribution in [1.29, 1.82) is 0 Å². The maximum Gasteiger partial charge on any atom is 0.0682 e. The molecule has 3 heteroatoms. The molecule has 0 saturated carbocycles. The lowest BCUT2D eigenvalue weighted by Crippen LogP contribution is -2.41. The minimum absolute atomic E-state index is 0.199. The highest BCUT2D eigenvalue weighted by molar-refractivity contribution is 5.14. The number of aliphatic hydroxyl groups is 1. The van der Waals surface area contributed by atoms with Crippen molar-refractivity contribution in [1.82, 2.24) is 10.2 Å². The first kappa shape index (κ1) is 6.58. The third-order valence-electron chi connectivity index (χ3n) is 2.59. The van der Waals surface area contributed by atoms with Crippen LogP contribution in [0.25, 0.3) is 0 Å². The predicted octanol–water partition coefficient (Wildman–Crippen LogP) is -0.978. The molecule has 2 fully saturated rings. The van der Waals surface area contributed by atoms with Gasteiger partial charge in [-0.25, -0.2) is 0 Å². The van der Waals surface area contributed by atoms with Gasteiger partial charge in [0.25, 0.3) is 0 Å². The van der Waals surface area contributed by atoms with Gasteiger partial charge in [-0.15, -0.1) is 0 Å². The quantitative estimate of drug-likeness (QED) is 0.463. The summed E-state index contributed by atoms with van der Waals surface area (Å²) >= 11 is 0. The van der Waals surface area contributed by atoms with Crippen LogP contribution >= 0.6 is 0 Å². The Balaban J connectivity index is 2.05. The second kappa shape index (κ2) is 1.94. The van der Waals surface area contributed by atoms with E-state index in [1.807, 2.05) is 6.92 Å². The number of nitrogens with zero attached hydrogens (tertiary/aromatic N) is 1. The van der Waals surface area contributed by atoms with Gasteiger partial charge in [0.05, 0.1) is 12.1 Å². The van der Waals surface area contributed by atoms with Crippen LogP contribution in [0.1, 0.15) is 6.92 Å². The highest BCUT2D eigenvalue weighted by Crippen LogP contribution is 2.29. The van der Waals surface area contributed by atoms with E-state index in [0.717, 1.165) is 6.54 Å². The van der Waals surface area contributed by atoms with E-state index in [4.69, 9.17) is 0 Å². The zero-order valence-corrected chi connectivity index (χ0v) is 6.41. The average molecular weight is 142 g/mol. The molecule has 10 heavy (non-hydrogen) atoms. The van der Waals surface area contributed by atoms with Crippen LogP contribution < -0.4 is 5.32 Å². The minimum Gasteiger partial charge on any atom is -0.392 e. The van der Waals surface area contributed by atoms with Crippen molar-refractivity contribution in [3.8, 4) is 0 Å². The summed E-state index contributed by atoms with van der Waals surface area (Å²) in [5, 5.41) is 12.7. The molecule has 4 atom stereocenters. The van der Waals surface area contributed by atoms with E-state index < -0.39 is 0 Å². The molecule has 2 rings (SSSR count). The topological polar surface area (TPSA) is 45.4 Å². The van der Waals surface area contributed by atoms with E-state index >= 15 is 0 Å². The van der Waals surface area contributed by atoms with Crippen LogP contribution in [0.2, 0.25) is 0 Å². The predicted molar refractivity (Wildman–Crippen MR) is 38.8 cm³/mol. The molecule has 2 heterocycles. The van der Waals surface area contributed by atoms with E-state index in [2.05, 4.69) is 17.3 Å². The molecule has 3 nitrogen and oxygen atoms in total. The Morgan fingerprint density at radius 1 is 1.70 bits per heavy atom. The first-order valence-electron chi connectivity index (χ1n) is 3.84. The van der Waals surface area contributed by atoms with Gasteiger partial charge in [0, 0.05) is 18.6 Å². The molecule has 2 N–H and O–H groups in total. The Kier molecular flexibility index (Phi) is 1.27. The number of rotatable bonds is 1. The summed E-state index contributed by atoms with van der Waals surface area (Å²) in [7, 11) is 2.07. The van der Waals surface area contributed by atoms with Gasteiger partial charge in [0.2, 0.25) is 0 Å². The van der Waals surface area contributed by atoms with E-state index in [9.17, 15) is 5.11 Å². The Morgan fingerprint density at radius 2 is 2.40 bits per heavy atom. The average Bonchev–Trinajstić information content (AvgIpc) is 2.42. The van der Waals surface area contributed by atoms with Gasteiger partial charge in [-0.05, 0) is 14.0 Å². The second-order valence-corrected chi connectivity index (χ2v) is 3.47. The van der Waals surface area contributed by atoms with Crippen LogP contribution in [-0.4, -0.2) is 47.8 Å². The Bertz CT molecular complexity index is 147. The van der Waals surface area contributed by atoms with Gasteiger partial charge >= 0.3 is 0 Å². The normalized spacial score (nSPS) is 48.9. The summed E-state index contributed by atoms with van der Waals surface area (Å²) in [6, 6.07) is 1.60. The lowest BCUT2D eigenvalue weighted by molar-refractivity contribution is 0.0920. The summed E-state index contributed by atoms with van der Waals surface area (Å²) in [6.45, 7) is 2.96. The molecule has 2 saturated heterocycles. The molecule has 0 aromatic rings. The number of likely N-dealkylation sites (tertiary alicyclic amines) is 1.